The Morgan fingerprint density at radius 1 is 1.33 bits per heavy atom. The molecule has 5 heteroatoms. The Morgan fingerprint density at radius 2 is 2.11 bits per heavy atom. The molecule has 18 heavy (non-hydrogen) atoms. The molecule has 0 unspecified atom stereocenters. The molecule has 2 N–H and O–H groups in total. The summed E-state index contributed by atoms with van der Waals surface area (Å²) in [5.41, 5.74) is 1.77. The Morgan fingerprint density at radius 3 is 2.72 bits per heavy atom. The van der Waals surface area contributed by atoms with E-state index in [1.807, 2.05) is 25.1 Å². The van der Waals surface area contributed by atoms with Crippen molar-refractivity contribution in [3.05, 3.63) is 23.8 Å². The molecule has 5 nitrogen and oxygen atoms in total. The Bertz CT molecular complexity index is 394. The highest BCUT2D eigenvalue weighted by atomic mass is 16.5. The van der Waals surface area contributed by atoms with Gasteiger partial charge in [0.25, 0.3) is 0 Å². The van der Waals surface area contributed by atoms with E-state index in [1.165, 1.54) is 0 Å². The molecule has 0 aliphatic heterocycles. The van der Waals surface area contributed by atoms with Crippen LogP contribution in [0.3, 0.4) is 0 Å². The van der Waals surface area contributed by atoms with E-state index < -0.39 is 0 Å². The summed E-state index contributed by atoms with van der Waals surface area (Å²) in [6.45, 7) is 3.30. The van der Waals surface area contributed by atoms with Crippen molar-refractivity contribution in [3.8, 4) is 5.75 Å². The van der Waals surface area contributed by atoms with Gasteiger partial charge in [-0.2, -0.15) is 0 Å². The smallest absolute Gasteiger partial charge is 0.238 e. The Kier molecular flexibility index (Phi) is 6.18. The third-order valence-electron chi connectivity index (χ3n) is 2.37. The topological polar surface area (TPSA) is 59.6 Å². The van der Waals surface area contributed by atoms with Gasteiger partial charge in [-0.3, -0.25) is 4.79 Å². The number of carbonyl (C=O) groups excluding carboxylic acids is 1. The summed E-state index contributed by atoms with van der Waals surface area (Å²) >= 11 is 0. The maximum Gasteiger partial charge on any atom is 0.238 e. The summed E-state index contributed by atoms with van der Waals surface area (Å²) in [4.78, 5) is 11.4. The Labute approximate surface area is 107 Å². The van der Waals surface area contributed by atoms with E-state index in [9.17, 15) is 4.79 Å². The van der Waals surface area contributed by atoms with Crippen molar-refractivity contribution >= 4 is 11.6 Å². The average molecular weight is 252 g/mol. The molecule has 0 heterocycles. The number of nitrogens with one attached hydrogen (secondary N) is 2. The van der Waals surface area contributed by atoms with Gasteiger partial charge >= 0.3 is 0 Å². The fourth-order valence-electron chi connectivity index (χ4n) is 1.46. The molecular formula is C13H20N2O3. The summed E-state index contributed by atoms with van der Waals surface area (Å²) in [6, 6.07) is 5.56. The minimum absolute atomic E-state index is 0.0614. The molecular weight excluding hydrogens is 232 g/mol. The molecule has 1 aromatic rings. The highest BCUT2D eigenvalue weighted by molar-refractivity contribution is 5.93. The van der Waals surface area contributed by atoms with Crippen LogP contribution in [-0.4, -0.2) is 39.8 Å². The number of anilines is 1. The van der Waals surface area contributed by atoms with Gasteiger partial charge in [-0.1, -0.05) is 0 Å². The SMILES string of the molecule is CNCC(=O)Nc1ccc(OCCOC)cc1C. The number of hydrogen-bond acceptors (Lipinski definition) is 4. The molecule has 100 valence electrons. The van der Waals surface area contributed by atoms with Crippen LogP contribution in [0.5, 0.6) is 5.75 Å². The molecule has 0 atom stereocenters. The first kappa shape index (κ1) is 14.5. The second-order valence-corrected chi connectivity index (χ2v) is 3.90. The van der Waals surface area contributed by atoms with Gasteiger partial charge in [0.15, 0.2) is 0 Å². The van der Waals surface area contributed by atoms with Crippen molar-refractivity contribution in [2.24, 2.45) is 0 Å². The molecule has 0 saturated carbocycles. The first-order chi connectivity index (χ1) is 8.67. The maximum atomic E-state index is 11.4. The van der Waals surface area contributed by atoms with Crippen LogP contribution in [0.15, 0.2) is 18.2 Å². The van der Waals surface area contributed by atoms with E-state index >= 15 is 0 Å². The van der Waals surface area contributed by atoms with Gasteiger partial charge in [0.05, 0.1) is 13.2 Å². The van der Waals surface area contributed by atoms with E-state index in [1.54, 1.807) is 14.2 Å². The fraction of sp³-hybridized carbons (Fsp3) is 0.462. The molecule has 0 aromatic heterocycles. The number of carbonyl (C=O) groups is 1. The van der Waals surface area contributed by atoms with Crippen LogP contribution in [0.2, 0.25) is 0 Å². The number of rotatable bonds is 7. The molecule has 0 radical (unpaired) electrons. The van der Waals surface area contributed by atoms with Crippen LogP contribution < -0.4 is 15.4 Å². The van der Waals surface area contributed by atoms with Gasteiger partial charge in [0, 0.05) is 12.8 Å². The number of hydrogen-bond donors (Lipinski definition) is 2. The molecule has 0 fully saturated rings. The monoisotopic (exact) mass is 252 g/mol. The van der Waals surface area contributed by atoms with Gasteiger partial charge < -0.3 is 20.1 Å². The van der Waals surface area contributed by atoms with Crippen LogP contribution in [0.4, 0.5) is 5.69 Å². The lowest BCUT2D eigenvalue weighted by atomic mass is 10.2. The quantitative estimate of drug-likeness (QED) is 0.715. The minimum Gasteiger partial charge on any atom is -0.491 e. The van der Waals surface area contributed by atoms with Crippen molar-refractivity contribution in [2.45, 2.75) is 6.92 Å². The molecule has 0 saturated heterocycles. The lowest BCUT2D eigenvalue weighted by Crippen LogP contribution is -2.25. The summed E-state index contributed by atoms with van der Waals surface area (Å²) in [5, 5.41) is 5.63. The van der Waals surface area contributed by atoms with E-state index in [4.69, 9.17) is 9.47 Å². The largest absolute Gasteiger partial charge is 0.491 e. The van der Waals surface area contributed by atoms with Crippen LogP contribution in [0, 0.1) is 6.92 Å². The second kappa shape index (κ2) is 7.68. The van der Waals surface area contributed by atoms with Crippen LogP contribution in [0.25, 0.3) is 0 Å². The lowest BCUT2D eigenvalue weighted by molar-refractivity contribution is -0.115. The van der Waals surface area contributed by atoms with Crippen molar-refractivity contribution in [1.82, 2.24) is 5.32 Å². The van der Waals surface area contributed by atoms with Crippen molar-refractivity contribution in [3.63, 3.8) is 0 Å². The molecule has 1 rings (SSSR count). The molecule has 1 amide bonds. The number of ether oxygens (including phenoxy) is 2. The zero-order chi connectivity index (χ0) is 13.4. The number of aryl methyl sites for hydroxylation is 1. The lowest BCUT2D eigenvalue weighted by Gasteiger charge is -2.11. The third-order valence-corrected chi connectivity index (χ3v) is 2.37. The zero-order valence-corrected chi connectivity index (χ0v) is 11.1. The van der Waals surface area contributed by atoms with Gasteiger partial charge in [-0.25, -0.2) is 0 Å². The molecule has 0 bridgehead atoms. The number of methoxy groups -OCH3 is 1. The van der Waals surface area contributed by atoms with E-state index in [2.05, 4.69) is 10.6 Å². The summed E-state index contributed by atoms with van der Waals surface area (Å²) < 4.78 is 10.4. The minimum atomic E-state index is -0.0614. The summed E-state index contributed by atoms with van der Waals surface area (Å²) in [7, 11) is 3.37. The van der Waals surface area contributed by atoms with Crippen molar-refractivity contribution < 1.29 is 14.3 Å². The number of benzene rings is 1. The first-order valence-corrected chi connectivity index (χ1v) is 5.84. The summed E-state index contributed by atoms with van der Waals surface area (Å²) in [5.74, 6) is 0.713. The van der Waals surface area contributed by atoms with Crippen molar-refractivity contribution in [2.75, 3.05) is 39.2 Å². The normalized spacial score (nSPS) is 10.2. The van der Waals surface area contributed by atoms with E-state index in [-0.39, 0.29) is 5.91 Å². The van der Waals surface area contributed by atoms with Crippen LogP contribution >= 0.6 is 0 Å². The molecule has 0 aliphatic carbocycles. The van der Waals surface area contributed by atoms with Gasteiger partial charge in [0.2, 0.25) is 5.91 Å². The predicted molar refractivity (Wildman–Crippen MR) is 71.1 cm³/mol. The average Bonchev–Trinajstić information content (AvgIpc) is 2.33. The molecule has 1 aromatic carbocycles. The molecule has 0 spiro atoms. The van der Waals surface area contributed by atoms with Crippen LogP contribution in [0.1, 0.15) is 5.56 Å². The first-order valence-electron chi connectivity index (χ1n) is 5.84. The molecule has 0 aliphatic rings. The standard InChI is InChI=1S/C13H20N2O3/c1-10-8-11(18-7-6-17-3)4-5-12(10)15-13(16)9-14-2/h4-5,8,14H,6-7,9H2,1-3H3,(H,15,16). The van der Waals surface area contributed by atoms with E-state index in [0.717, 1.165) is 17.0 Å². The van der Waals surface area contributed by atoms with Gasteiger partial charge in [-0.15, -0.1) is 0 Å². The summed E-state index contributed by atoms with van der Waals surface area (Å²) in [6.07, 6.45) is 0. The van der Waals surface area contributed by atoms with Crippen molar-refractivity contribution in [1.29, 1.82) is 0 Å². The zero-order valence-electron chi connectivity index (χ0n) is 11.1. The Balaban J connectivity index is 2.59. The second-order valence-electron chi connectivity index (χ2n) is 3.90. The third kappa shape index (κ3) is 4.73. The fourth-order valence-corrected chi connectivity index (χ4v) is 1.46. The van der Waals surface area contributed by atoms with Gasteiger partial charge in [0.1, 0.15) is 12.4 Å². The number of likely N-dealkylation sites (N-methyl/N-ethyl adjacent to an activating group) is 1. The Hall–Kier alpha value is -1.59. The number of amides is 1. The maximum absolute atomic E-state index is 11.4. The van der Waals surface area contributed by atoms with Crippen LogP contribution in [-0.2, 0) is 9.53 Å². The highest BCUT2D eigenvalue weighted by Gasteiger charge is 2.04. The van der Waals surface area contributed by atoms with Gasteiger partial charge in [-0.05, 0) is 37.7 Å². The van der Waals surface area contributed by atoms with E-state index in [0.29, 0.717) is 19.8 Å². The predicted octanol–water partition coefficient (Wildman–Crippen LogP) is 1.18. The highest BCUT2D eigenvalue weighted by Crippen LogP contribution is 2.21.